The molecule has 130 valence electrons. The first-order valence-corrected chi connectivity index (χ1v) is 8.30. The van der Waals surface area contributed by atoms with Crippen LogP contribution in [0.25, 0.3) is 10.9 Å². The molecule has 4 rings (SSSR count). The van der Waals surface area contributed by atoms with Gasteiger partial charge < -0.3 is 19.4 Å². The van der Waals surface area contributed by atoms with Gasteiger partial charge in [0.25, 0.3) is 0 Å². The lowest BCUT2D eigenvalue weighted by atomic mass is 10.1. The fraction of sp³-hybridized carbons (Fsp3) is 0.200. The van der Waals surface area contributed by atoms with Crippen molar-refractivity contribution in [1.82, 2.24) is 9.88 Å². The van der Waals surface area contributed by atoms with Crippen molar-refractivity contribution in [3.63, 3.8) is 0 Å². The predicted octanol–water partition coefficient (Wildman–Crippen LogP) is 2.87. The normalized spacial score (nSPS) is 12.2. The van der Waals surface area contributed by atoms with E-state index in [2.05, 4.69) is 11.4 Å². The van der Waals surface area contributed by atoms with Crippen LogP contribution in [-0.4, -0.2) is 17.3 Å². The summed E-state index contributed by atoms with van der Waals surface area (Å²) in [5.41, 5.74) is 3.24. The van der Waals surface area contributed by atoms with Crippen LogP contribution in [-0.2, 0) is 17.9 Å². The van der Waals surface area contributed by atoms with Gasteiger partial charge in [-0.1, -0.05) is 24.3 Å². The number of para-hydroxylation sites is 1. The smallest absolute Gasteiger partial charge is 0.240 e. The molecule has 3 aromatic rings. The number of hydrogen-bond acceptors (Lipinski definition) is 4. The molecule has 0 radical (unpaired) electrons. The molecule has 0 fully saturated rings. The Morgan fingerprint density at radius 1 is 1.23 bits per heavy atom. The molecule has 1 aromatic heterocycles. The van der Waals surface area contributed by atoms with Crippen molar-refractivity contribution < 1.29 is 14.3 Å². The summed E-state index contributed by atoms with van der Waals surface area (Å²) < 4.78 is 12.5. The zero-order chi connectivity index (χ0) is 18.1. The number of nitrogens with one attached hydrogen (secondary N) is 1. The third-order valence-electron chi connectivity index (χ3n) is 4.57. The minimum absolute atomic E-state index is 0.115. The summed E-state index contributed by atoms with van der Waals surface area (Å²) >= 11 is 0. The first kappa shape index (κ1) is 16.0. The first-order valence-electron chi connectivity index (χ1n) is 8.30. The van der Waals surface area contributed by atoms with Crippen molar-refractivity contribution in [2.75, 3.05) is 6.79 Å². The lowest BCUT2D eigenvalue weighted by molar-refractivity contribution is -0.121. The van der Waals surface area contributed by atoms with E-state index in [1.807, 2.05) is 54.0 Å². The Labute approximate surface area is 150 Å². The maximum Gasteiger partial charge on any atom is 0.240 e. The van der Waals surface area contributed by atoms with Crippen molar-refractivity contribution >= 4 is 16.8 Å². The van der Waals surface area contributed by atoms with E-state index in [4.69, 9.17) is 9.47 Å². The van der Waals surface area contributed by atoms with Crippen LogP contribution in [0.4, 0.5) is 0 Å². The van der Waals surface area contributed by atoms with Gasteiger partial charge >= 0.3 is 0 Å². The molecule has 1 aliphatic rings. The third-order valence-corrected chi connectivity index (χ3v) is 4.57. The average molecular weight is 347 g/mol. The number of rotatable bonds is 4. The van der Waals surface area contributed by atoms with Gasteiger partial charge in [-0.3, -0.25) is 4.79 Å². The number of ether oxygens (including phenoxy) is 2. The SMILES string of the molecule is Cc1c(C#N)c2ccccc2n1CC(=O)NCc1ccc2c(c1)OCO2. The maximum atomic E-state index is 12.4. The second-order valence-corrected chi connectivity index (χ2v) is 6.14. The van der Waals surface area contributed by atoms with Crippen LogP contribution in [0, 0.1) is 18.3 Å². The predicted molar refractivity (Wildman–Crippen MR) is 95.8 cm³/mol. The van der Waals surface area contributed by atoms with Crippen molar-refractivity contribution in [1.29, 1.82) is 5.26 Å². The molecule has 0 saturated heterocycles. The van der Waals surface area contributed by atoms with Crippen LogP contribution in [0.3, 0.4) is 0 Å². The van der Waals surface area contributed by atoms with E-state index in [0.29, 0.717) is 17.9 Å². The largest absolute Gasteiger partial charge is 0.454 e. The van der Waals surface area contributed by atoms with Gasteiger partial charge in [-0.05, 0) is 30.7 Å². The first-order chi connectivity index (χ1) is 12.7. The van der Waals surface area contributed by atoms with Crippen molar-refractivity contribution in [2.24, 2.45) is 0 Å². The highest BCUT2D eigenvalue weighted by molar-refractivity contribution is 5.89. The summed E-state index contributed by atoms with van der Waals surface area (Å²) in [6.07, 6.45) is 0. The Morgan fingerprint density at radius 2 is 2.04 bits per heavy atom. The highest BCUT2D eigenvalue weighted by Gasteiger charge is 2.16. The fourth-order valence-corrected chi connectivity index (χ4v) is 3.23. The number of carbonyl (C=O) groups excluding carboxylic acids is 1. The molecule has 0 saturated carbocycles. The number of benzene rings is 2. The second-order valence-electron chi connectivity index (χ2n) is 6.14. The molecule has 2 heterocycles. The highest BCUT2D eigenvalue weighted by atomic mass is 16.7. The van der Waals surface area contributed by atoms with E-state index in [-0.39, 0.29) is 19.2 Å². The van der Waals surface area contributed by atoms with E-state index >= 15 is 0 Å². The van der Waals surface area contributed by atoms with Gasteiger partial charge in [0.05, 0.1) is 11.1 Å². The van der Waals surface area contributed by atoms with E-state index in [1.165, 1.54) is 0 Å². The van der Waals surface area contributed by atoms with Crippen LogP contribution in [0.15, 0.2) is 42.5 Å². The fourth-order valence-electron chi connectivity index (χ4n) is 3.23. The van der Waals surface area contributed by atoms with E-state index in [1.54, 1.807) is 0 Å². The Hall–Kier alpha value is -3.46. The lowest BCUT2D eigenvalue weighted by Gasteiger charge is -2.10. The van der Waals surface area contributed by atoms with E-state index in [0.717, 1.165) is 27.9 Å². The minimum Gasteiger partial charge on any atom is -0.454 e. The van der Waals surface area contributed by atoms with Crippen LogP contribution in [0.2, 0.25) is 0 Å². The van der Waals surface area contributed by atoms with E-state index in [9.17, 15) is 10.1 Å². The lowest BCUT2D eigenvalue weighted by Crippen LogP contribution is -2.27. The molecule has 0 bridgehead atoms. The zero-order valence-electron chi connectivity index (χ0n) is 14.3. The topological polar surface area (TPSA) is 76.3 Å². The number of hydrogen-bond donors (Lipinski definition) is 1. The molecule has 26 heavy (non-hydrogen) atoms. The van der Waals surface area contributed by atoms with Gasteiger partial charge in [-0.15, -0.1) is 0 Å². The van der Waals surface area contributed by atoms with Crippen LogP contribution in [0.5, 0.6) is 11.5 Å². The molecule has 1 N–H and O–H groups in total. The monoisotopic (exact) mass is 347 g/mol. The minimum atomic E-state index is -0.115. The zero-order valence-corrected chi connectivity index (χ0v) is 14.3. The summed E-state index contributed by atoms with van der Waals surface area (Å²) in [6.45, 7) is 2.66. The van der Waals surface area contributed by atoms with Gasteiger partial charge in [0, 0.05) is 17.6 Å². The Morgan fingerprint density at radius 3 is 2.88 bits per heavy atom. The number of amides is 1. The van der Waals surface area contributed by atoms with Gasteiger partial charge in [0.2, 0.25) is 12.7 Å². The number of nitriles is 1. The highest BCUT2D eigenvalue weighted by Crippen LogP contribution is 2.32. The second kappa shape index (κ2) is 6.45. The average Bonchev–Trinajstić information content (AvgIpc) is 3.22. The van der Waals surface area contributed by atoms with E-state index < -0.39 is 0 Å². The molecular weight excluding hydrogens is 330 g/mol. The third kappa shape index (κ3) is 2.74. The standard InChI is InChI=1S/C20H17N3O3/c1-13-16(9-21)15-4-2-3-5-17(15)23(13)11-20(24)22-10-14-6-7-18-19(8-14)26-12-25-18/h2-8H,10-12H2,1H3,(H,22,24). The molecule has 0 aliphatic carbocycles. The Kier molecular flexibility index (Phi) is 3.98. The number of fused-ring (bicyclic) bond motifs is 2. The Balaban J connectivity index is 1.50. The molecule has 1 aliphatic heterocycles. The van der Waals surface area contributed by atoms with Crippen LogP contribution >= 0.6 is 0 Å². The van der Waals surface area contributed by atoms with Crippen LogP contribution in [0.1, 0.15) is 16.8 Å². The van der Waals surface area contributed by atoms with Crippen molar-refractivity contribution in [3.05, 3.63) is 59.3 Å². The van der Waals surface area contributed by atoms with Gasteiger partial charge in [-0.2, -0.15) is 5.26 Å². The number of carbonyl (C=O) groups is 1. The summed E-state index contributed by atoms with van der Waals surface area (Å²) in [4.78, 5) is 12.4. The van der Waals surface area contributed by atoms with Gasteiger partial charge in [0.15, 0.2) is 11.5 Å². The van der Waals surface area contributed by atoms with Crippen molar-refractivity contribution in [2.45, 2.75) is 20.0 Å². The number of nitrogens with zero attached hydrogens (tertiary/aromatic N) is 2. The molecule has 0 atom stereocenters. The van der Waals surface area contributed by atoms with Crippen LogP contribution < -0.4 is 14.8 Å². The molecule has 6 heteroatoms. The molecule has 2 aromatic carbocycles. The van der Waals surface area contributed by atoms with Gasteiger partial charge in [-0.25, -0.2) is 0 Å². The Bertz CT molecular complexity index is 1050. The number of aromatic nitrogens is 1. The quantitative estimate of drug-likeness (QED) is 0.787. The molecule has 0 unspecified atom stereocenters. The molecular formula is C20H17N3O3. The molecule has 6 nitrogen and oxygen atoms in total. The summed E-state index contributed by atoms with van der Waals surface area (Å²) in [7, 11) is 0. The molecule has 1 amide bonds. The van der Waals surface area contributed by atoms with Crippen molar-refractivity contribution in [3.8, 4) is 17.6 Å². The summed E-state index contributed by atoms with van der Waals surface area (Å²) in [6, 6.07) is 15.5. The molecule has 0 spiro atoms. The summed E-state index contributed by atoms with van der Waals surface area (Å²) in [5.74, 6) is 1.30. The summed E-state index contributed by atoms with van der Waals surface area (Å²) in [5, 5.41) is 13.2. The maximum absolute atomic E-state index is 12.4. The van der Waals surface area contributed by atoms with Gasteiger partial charge in [0.1, 0.15) is 12.6 Å².